The lowest BCUT2D eigenvalue weighted by Gasteiger charge is -2.17. The van der Waals surface area contributed by atoms with Gasteiger partial charge < -0.3 is 21.1 Å². The summed E-state index contributed by atoms with van der Waals surface area (Å²) >= 11 is 0. The second kappa shape index (κ2) is 9.92. The molecule has 1 saturated heterocycles. The molecule has 170 valence electrons. The van der Waals surface area contributed by atoms with Crippen molar-refractivity contribution in [2.75, 3.05) is 18.8 Å². The van der Waals surface area contributed by atoms with Crippen LogP contribution in [-0.4, -0.2) is 67.1 Å². The Balaban J connectivity index is 1.53. The van der Waals surface area contributed by atoms with Crippen LogP contribution in [0.3, 0.4) is 0 Å². The predicted molar refractivity (Wildman–Crippen MR) is 117 cm³/mol. The summed E-state index contributed by atoms with van der Waals surface area (Å²) in [4.78, 5) is 37.7. The van der Waals surface area contributed by atoms with E-state index in [0.717, 1.165) is 0 Å². The molecule has 1 heterocycles. The molecule has 2 unspecified atom stereocenters. The zero-order chi connectivity index (χ0) is 23.3. The summed E-state index contributed by atoms with van der Waals surface area (Å²) in [7, 11) is -3.69. The Morgan fingerprint density at radius 3 is 2.38 bits per heavy atom. The number of nitrogens with one attached hydrogen (secondary N) is 1. The van der Waals surface area contributed by atoms with E-state index in [1.165, 1.54) is 17.0 Å². The van der Waals surface area contributed by atoms with Crippen molar-refractivity contribution < 1.29 is 27.9 Å². The Hall–Kier alpha value is -3.24. The molecular formula is C22H25N3O6S. The minimum absolute atomic E-state index is 0.0703. The standard InChI is InChI=1S/C22H25N3O6S/c23-21(28)17-9-5-4-8-16(17)14-32(30,31)11-10-20(27)24-18-12-25(13-19(18)26)22(29)15-6-2-1-3-7-15/h1-9,18-19,26H,10-14H2,(H2,23,28)(H,24,27). The molecule has 0 aliphatic carbocycles. The number of carbonyl (C=O) groups is 3. The summed E-state index contributed by atoms with van der Waals surface area (Å²) < 4.78 is 24.9. The summed E-state index contributed by atoms with van der Waals surface area (Å²) in [6.07, 6.45) is -1.26. The van der Waals surface area contributed by atoms with Gasteiger partial charge in [0, 0.05) is 30.6 Å². The third-order valence-corrected chi connectivity index (χ3v) is 6.82. The average molecular weight is 460 g/mol. The number of rotatable bonds is 8. The molecule has 0 aromatic heterocycles. The molecule has 4 N–H and O–H groups in total. The highest BCUT2D eigenvalue weighted by Crippen LogP contribution is 2.16. The van der Waals surface area contributed by atoms with Crippen LogP contribution in [0.2, 0.25) is 0 Å². The number of aliphatic hydroxyl groups excluding tert-OH is 1. The monoisotopic (exact) mass is 459 g/mol. The first-order chi connectivity index (χ1) is 15.2. The summed E-state index contributed by atoms with van der Waals surface area (Å²) in [5.41, 5.74) is 6.16. The number of sulfone groups is 1. The molecule has 3 amide bonds. The highest BCUT2D eigenvalue weighted by Gasteiger charge is 2.35. The molecule has 32 heavy (non-hydrogen) atoms. The van der Waals surface area contributed by atoms with E-state index in [0.29, 0.717) is 5.56 Å². The molecule has 0 radical (unpaired) electrons. The Morgan fingerprint density at radius 1 is 1.03 bits per heavy atom. The number of hydrogen-bond acceptors (Lipinski definition) is 6. The zero-order valence-corrected chi connectivity index (χ0v) is 18.1. The quantitative estimate of drug-likeness (QED) is 0.510. The molecule has 2 atom stereocenters. The second-order valence-electron chi connectivity index (χ2n) is 7.68. The lowest BCUT2D eigenvalue weighted by molar-refractivity contribution is -0.121. The van der Waals surface area contributed by atoms with E-state index in [-0.39, 0.29) is 36.5 Å². The Morgan fingerprint density at radius 2 is 1.69 bits per heavy atom. The van der Waals surface area contributed by atoms with Gasteiger partial charge in [-0.15, -0.1) is 0 Å². The molecule has 10 heteroatoms. The van der Waals surface area contributed by atoms with Crippen LogP contribution < -0.4 is 11.1 Å². The van der Waals surface area contributed by atoms with Gasteiger partial charge in [0.2, 0.25) is 11.8 Å². The first-order valence-electron chi connectivity index (χ1n) is 10.1. The maximum atomic E-state index is 12.5. The normalized spacial score (nSPS) is 18.3. The number of amides is 3. The number of carbonyl (C=O) groups excluding carboxylic acids is 3. The number of nitrogens with zero attached hydrogens (tertiary/aromatic N) is 1. The molecular weight excluding hydrogens is 434 g/mol. The first-order valence-corrected chi connectivity index (χ1v) is 11.9. The summed E-state index contributed by atoms with van der Waals surface area (Å²) in [6, 6.07) is 14.1. The van der Waals surface area contributed by atoms with Crippen LogP contribution in [0.15, 0.2) is 54.6 Å². The first kappa shape index (κ1) is 23.4. The summed E-state index contributed by atoms with van der Waals surface area (Å²) in [5.74, 6) is -2.36. The van der Waals surface area contributed by atoms with E-state index in [4.69, 9.17) is 5.73 Å². The largest absolute Gasteiger partial charge is 0.389 e. The van der Waals surface area contributed by atoms with E-state index in [2.05, 4.69) is 5.32 Å². The van der Waals surface area contributed by atoms with Gasteiger partial charge in [-0.25, -0.2) is 8.42 Å². The Kier molecular flexibility index (Phi) is 7.26. The van der Waals surface area contributed by atoms with Crippen LogP contribution >= 0.6 is 0 Å². The maximum absolute atomic E-state index is 12.5. The van der Waals surface area contributed by atoms with Gasteiger partial charge in [0.1, 0.15) is 0 Å². The SMILES string of the molecule is NC(=O)c1ccccc1CS(=O)(=O)CCC(=O)NC1CN(C(=O)c2ccccc2)CC1O. The van der Waals surface area contributed by atoms with E-state index >= 15 is 0 Å². The van der Waals surface area contributed by atoms with Crippen LogP contribution in [0.4, 0.5) is 0 Å². The molecule has 0 saturated carbocycles. The van der Waals surface area contributed by atoms with Gasteiger partial charge in [0.05, 0.1) is 23.7 Å². The average Bonchev–Trinajstić information content (AvgIpc) is 3.12. The number of primary amides is 1. The van der Waals surface area contributed by atoms with Gasteiger partial charge in [-0.3, -0.25) is 14.4 Å². The Bertz CT molecular complexity index is 1100. The fourth-order valence-corrected chi connectivity index (χ4v) is 4.95. The lowest BCUT2D eigenvalue weighted by atomic mass is 10.1. The molecule has 1 aliphatic heterocycles. The van der Waals surface area contributed by atoms with Crippen molar-refractivity contribution in [1.82, 2.24) is 10.2 Å². The van der Waals surface area contributed by atoms with E-state index in [1.54, 1.807) is 42.5 Å². The molecule has 1 fully saturated rings. The molecule has 2 aromatic rings. The third-order valence-electron chi connectivity index (χ3n) is 5.24. The van der Waals surface area contributed by atoms with Gasteiger partial charge in [-0.05, 0) is 23.8 Å². The number of benzene rings is 2. The highest BCUT2D eigenvalue weighted by molar-refractivity contribution is 7.90. The minimum Gasteiger partial charge on any atom is -0.389 e. The zero-order valence-electron chi connectivity index (χ0n) is 17.3. The topological polar surface area (TPSA) is 147 Å². The fraction of sp³-hybridized carbons (Fsp3) is 0.318. The summed E-state index contributed by atoms with van der Waals surface area (Å²) in [6.45, 7) is 0.195. The molecule has 1 aliphatic rings. The number of β-amino-alcohol motifs (C(OH)–C–C–N with tert-alkyl or cyclic N) is 1. The van der Waals surface area contributed by atoms with Gasteiger partial charge in [0.15, 0.2) is 9.84 Å². The predicted octanol–water partition coefficient (Wildman–Crippen LogP) is 0.0921. The van der Waals surface area contributed by atoms with Crippen molar-refractivity contribution in [2.24, 2.45) is 5.73 Å². The van der Waals surface area contributed by atoms with E-state index < -0.39 is 45.3 Å². The van der Waals surface area contributed by atoms with Crippen LogP contribution in [0, 0.1) is 0 Å². The van der Waals surface area contributed by atoms with Crippen molar-refractivity contribution in [3.63, 3.8) is 0 Å². The van der Waals surface area contributed by atoms with E-state index in [1.807, 2.05) is 0 Å². The molecule has 9 nitrogen and oxygen atoms in total. The summed E-state index contributed by atoms with van der Waals surface area (Å²) in [5, 5.41) is 12.8. The van der Waals surface area contributed by atoms with Gasteiger partial charge in [-0.1, -0.05) is 36.4 Å². The molecule has 3 rings (SSSR count). The van der Waals surface area contributed by atoms with Crippen LogP contribution in [-0.2, 0) is 20.4 Å². The number of likely N-dealkylation sites (tertiary alicyclic amines) is 1. The minimum atomic E-state index is -3.69. The highest BCUT2D eigenvalue weighted by atomic mass is 32.2. The smallest absolute Gasteiger partial charge is 0.254 e. The number of hydrogen-bond donors (Lipinski definition) is 3. The second-order valence-corrected chi connectivity index (χ2v) is 9.87. The third kappa shape index (κ3) is 5.92. The molecule has 0 spiro atoms. The molecule has 2 aromatic carbocycles. The fourth-order valence-electron chi connectivity index (χ4n) is 3.58. The van der Waals surface area contributed by atoms with Crippen molar-refractivity contribution >= 4 is 27.6 Å². The van der Waals surface area contributed by atoms with Crippen molar-refractivity contribution in [2.45, 2.75) is 24.3 Å². The maximum Gasteiger partial charge on any atom is 0.254 e. The van der Waals surface area contributed by atoms with E-state index in [9.17, 15) is 27.9 Å². The van der Waals surface area contributed by atoms with Crippen LogP contribution in [0.5, 0.6) is 0 Å². The Labute approximate surface area is 186 Å². The van der Waals surface area contributed by atoms with Gasteiger partial charge >= 0.3 is 0 Å². The van der Waals surface area contributed by atoms with Gasteiger partial charge in [0.25, 0.3) is 5.91 Å². The number of aliphatic hydroxyl groups is 1. The lowest BCUT2D eigenvalue weighted by Crippen LogP contribution is -2.43. The van der Waals surface area contributed by atoms with Gasteiger partial charge in [-0.2, -0.15) is 0 Å². The number of nitrogens with two attached hydrogens (primary N) is 1. The van der Waals surface area contributed by atoms with Crippen molar-refractivity contribution in [1.29, 1.82) is 0 Å². The van der Waals surface area contributed by atoms with Crippen molar-refractivity contribution in [3.05, 3.63) is 71.3 Å². The molecule has 0 bridgehead atoms. The van der Waals surface area contributed by atoms with Crippen LogP contribution in [0.25, 0.3) is 0 Å². The van der Waals surface area contributed by atoms with Crippen molar-refractivity contribution in [3.8, 4) is 0 Å². The van der Waals surface area contributed by atoms with Crippen LogP contribution in [0.1, 0.15) is 32.7 Å².